The van der Waals surface area contributed by atoms with Gasteiger partial charge in [0.25, 0.3) is 0 Å². The predicted molar refractivity (Wildman–Crippen MR) is 61.2 cm³/mol. The Kier molecular flexibility index (Phi) is 3.61. The summed E-state index contributed by atoms with van der Waals surface area (Å²) in [5, 5.41) is 10.6. The number of hydrogen-bond donors (Lipinski definition) is 0. The largest absolute Gasteiger partial charge is 0.259 e. The lowest BCUT2D eigenvalue weighted by atomic mass is 10.1. The number of hydrogen-bond acceptors (Lipinski definition) is 2. The van der Waals surface area contributed by atoms with Crippen molar-refractivity contribution in [1.82, 2.24) is 0 Å². The third-order valence-corrected chi connectivity index (χ3v) is 2.46. The smallest absolute Gasteiger partial charge is 0.246 e. The van der Waals surface area contributed by atoms with Gasteiger partial charge in [-0.3, -0.25) is 10.1 Å². The Bertz CT molecular complexity index is 408. The molecule has 1 rings (SSSR count). The number of rotatable bonds is 3. The van der Waals surface area contributed by atoms with E-state index in [4.69, 9.17) is 0 Å². The number of allylic oxidation sites excluding steroid dienone is 1. The van der Waals surface area contributed by atoms with E-state index in [1.807, 2.05) is 32.0 Å². The van der Waals surface area contributed by atoms with Crippen molar-refractivity contribution in [3.05, 3.63) is 50.7 Å². The van der Waals surface area contributed by atoms with Gasteiger partial charge >= 0.3 is 0 Å². The van der Waals surface area contributed by atoms with Crippen molar-refractivity contribution in [2.24, 2.45) is 0 Å². The molecule has 0 radical (unpaired) electrons. The first kappa shape index (κ1) is 11.4. The molecule has 0 atom stereocenters. The summed E-state index contributed by atoms with van der Waals surface area (Å²) in [5.41, 5.74) is 3.50. The molecule has 0 aliphatic heterocycles. The van der Waals surface area contributed by atoms with Gasteiger partial charge in [0.2, 0.25) is 5.70 Å². The van der Waals surface area contributed by atoms with Crippen LogP contribution in [-0.2, 0) is 0 Å². The summed E-state index contributed by atoms with van der Waals surface area (Å²) in [7, 11) is 0. The Labute approximate surface area is 89.6 Å². The summed E-state index contributed by atoms with van der Waals surface area (Å²) in [4.78, 5) is 10.3. The molecule has 0 aromatic heterocycles. The highest BCUT2D eigenvalue weighted by atomic mass is 16.6. The van der Waals surface area contributed by atoms with Gasteiger partial charge in [-0.05, 0) is 30.5 Å². The molecule has 0 heterocycles. The Morgan fingerprint density at radius 1 is 1.40 bits per heavy atom. The molecule has 3 nitrogen and oxygen atoms in total. The van der Waals surface area contributed by atoms with E-state index in [0.29, 0.717) is 6.42 Å². The van der Waals surface area contributed by atoms with Gasteiger partial charge in [0.15, 0.2) is 0 Å². The monoisotopic (exact) mass is 205 g/mol. The molecule has 0 bridgehead atoms. The highest BCUT2D eigenvalue weighted by Gasteiger charge is 2.06. The molecule has 0 aliphatic carbocycles. The zero-order valence-corrected chi connectivity index (χ0v) is 9.28. The van der Waals surface area contributed by atoms with E-state index in [0.717, 1.165) is 11.1 Å². The average Bonchev–Trinajstić information content (AvgIpc) is 2.19. The Hall–Kier alpha value is -1.64. The number of nitro groups is 1. The predicted octanol–water partition coefficient (Wildman–Crippen LogP) is 3.33. The lowest BCUT2D eigenvalue weighted by Crippen LogP contribution is -1.96. The molecule has 0 saturated carbocycles. The minimum absolute atomic E-state index is 0.248. The summed E-state index contributed by atoms with van der Waals surface area (Å²) < 4.78 is 0. The molecule has 0 saturated heterocycles. The summed E-state index contributed by atoms with van der Waals surface area (Å²) in [5.74, 6) is 0. The fourth-order valence-corrected chi connectivity index (χ4v) is 1.33. The summed E-state index contributed by atoms with van der Waals surface area (Å²) in [6, 6.07) is 5.85. The fraction of sp³-hybridized carbons (Fsp3) is 0.333. The summed E-state index contributed by atoms with van der Waals surface area (Å²) in [6.07, 6.45) is 2.08. The van der Waals surface area contributed by atoms with Crippen LogP contribution in [0.4, 0.5) is 0 Å². The molecule has 0 N–H and O–H groups in total. The standard InChI is InChI=1S/C12H15NO2/c1-4-12(13(14)15)8-11-6-5-9(2)10(3)7-11/h5-8H,4H2,1-3H3. The van der Waals surface area contributed by atoms with E-state index in [1.165, 1.54) is 5.56 Å². The van der Waals surface area contributed by atoms with Crippen LogP contribution in [0.25, 0.3) is 6.08 Å². The molecule has 0 unspecified atom stereocenters. The second-order valence-corrected chi connectivity index (χ2v) is 3.59. The van der Waals surface area contributed by atoms with Crippen molar-refractivity contribution < 1.29 is 4.92 Å². The van der Waals surface area contributed by atoms with Crippen LogP contribution in [0.15, 0.2) is 23.9 Å². The van der Waals surface area contributed by atoms with Crippen LogP contribution in [0.1, 0.15) is 30.0 Å². The minimum Gasteiger partial charge on any atom is -0.259 e. The molecule has 0 fully saturated rings. The minimum atomic E-state index is -0.324. The normalized spacial score (nSPS) is 11.5. The van der Waals surface area contributed by atoms with Crippen molar-refractivity contribution in [3.8, 4) is 0 Å². The third-order valence-electron chi connectivity index (χ3n) is 2.46. The van der Waals surface area contributed by atoms with Crippen LogP contribution in [-0.4, -0.2) is 4.92 Å². The van der Waals surface area contributed by atoms with Gasteiger partial charge in [-0.1, -0.05) is 25.1 Å². The number of aryl methyl sites for hydroxylation is 2. The Morgan fingerprint density at radius 2 is 2.07 bits per heavy atom. The molecule has 0 aliphatic rings. The van der Waals surface area contributed by atoms with E-state index >= 15 is 0 Å². The van der Waals surface area contributed by atoms with Crippen molar-refractivity contribution >= 4 is 6.08 Å². The molecule has 1 aromatic rings. The van der Waals surface area contributed by atoms with Gasteiger partial charge in [0, 0.05) is 12.5 Å². The summed E-state index contributed by atoms with van der Waals surface area (Å²) in [6.45, 7) is 5.82. The van der Waals surface area contributed by atoms with Gasteiger partial charge in [-0.2, -0.15) is 0 Å². The van der Waals surface area contributed by atoms with Crippen LogP contribution in [0.3, 0.4) is 0 Å². The van der Waals surface area contributed by atoms with Crippen LogP contribution in [0.2, 0.25) is 0 Å². The van der Waals surface area contributed by atoms with E-state index < -0.39 is 0 Å². The zero-order chi connectivity index (χ0) is 11.4. The third kappa shape index (κ3) is 2.91. The lowest BCUT2D eigenvalue weighted by Gasteiger charge is -2.01. The van der Waals surface area contributed by atoms with Crippen molar-refractivity contribution in [2.75, 3.05) is 0 Å². The van der Waals surface area contributed by atoms with Gasteiger partial charge in [-0.15, -0.1) is 0 Å². The first-order chi connectivity index (χ1) is 7.04. The molecular weight excluding hydrogens is 190 g/mol. The van der Waals surface area contributed by atoms with Gasteiger partial charge in [-0.25, -0.2) is 0 Å². The van der Waals surface area contributed by atoms with Crippen LogP contribution >= 0.6 is 0 Å². The molecular formula is C12H15NO2. The first-order valence-electron chi connectivity index (χ1n) is 4.96. The van der Waals surface area contributed by atoms with Crippen LogP contribution in [0, 0.1) is 24.0 Å². The first-order valence-corrected chi connectivity index (χ1v) is 4.96. The van der Waals surface area contributed by atoms with Crippen molar-refractivity contribution in [2.45, 2.75) is 27.2 Å². The van der Waals surface area contributed by atoms with Crippen molar-refractivity contribution in [3.63, 3.8) is 0 Å². The van der Waals surface area contributed by atoms with Gasteiger partial charge in [0.1, 0.15) is 0 Å². The highest BCUT2D eigenvalue weighted by Crippen LogP contribution is 2.14. The highest BCUT2D eigenvalue weighted by molar-refractivity contribution is 5.53. The molecule has 1 aromatic carbocycles. The van der Waals surface area contributed by atoms with E-state index in [1.54, 1.807) is 13.0 Å². The molecule has 0 spiro atoms. The van der Waals surface area contributed by atoms with Crippen LogP contribution < -0.4 is 0 Å². The van der Waals surface area contributed by atoms with Crippen LogP contribution in [0.5, 0.6) is 0 Å². The van der Waals surface area contributed by atoms with Gasteiger partial charge < -0.3 is 0 Å². The topological polar surface area (TPSA) is 43.1 Å². The average molecular weight is 205 g/mol. The maximum absolute atomic E-state index is 10.6. The van der Waals surface area contributed by atoms with E-state index in [2.05, 4.69) is 0 Å². The molecule has 15 heavy (non-hydrogen) atoms. The fourth-order valence-electron chi connectivity index (χ4n) is 1.33. The van der Waals surface area contributed by atoms with Crippen molar-refractivity contribution in [1.29, 1.82) is 0 Å². The Balaban J connectivity index is 3.07. The quantitative estimate of drug-likeness (QED) is 0.561. The maximum Gasteiger partial charge on any atom is 0.246 e. The second-order valence-electron chi connectivity index (χ2n) is 3.59. The van der Waals surface area contributed by atoms with Gasteiger partial charge in [0.05, 0.1) is 4.92 Å². The lowest BCUT2D eigenvalue weighted by molar-refractivity contribution is -0.425. The molecule has 80 valence electrons. The zero-order valence-electron chi connectivity index (χ0n) is 9.28. The SMILES string of the molecule is CCC(=Cc1ccc(C)c(C)c1)[N+](=O)[O-]. The number of benzene rings is 1. The molecule has 3 heteroatoms. The molecule has 0 amide bonds. The van der Waals surface area contributed by atoms with E-state index in [-0.39, 0.29) is 10.6 Å². The maximum atomic E-state index is 10.6. The Morgan fingerprint density at radius 3 is 2.53 bits per heavy atom. The van der Waals surface area contributed by atoms with E-state index in [9.17, 15) is 10.1 Å². The second kappa shape index (κ2) is 4.73. The number of nitrogens with zero attached hydrogens (tertiary/aromatic N) is 1. The summed E-state index contributed by atoms with van der Waals surface area (Å²) >= 11 is 0.